The number of imidazole rings is 1. The number of para-hydroxylation sites is 1. The van der Waals surface area contributed by atoms with Gasteiger partial charge in [0.1, 0.15) is 11.9 Å². The fourth-order valence-corrected chi connectivity index (χ4v) is 3.38. The van der Waals surface area contributed by atoms with E-state index >= 15 is 0 Å². The van der Waals surface area contributed by atoms with E-state index in [9.17, 15) is 9.59 Å². The van der Waals surface area contributed by atoms with Crippen LogP contribution in [-0.2, 0) is 18.4 Å². The molecule has 2 aromatic heterocycles. The molecule has 7 nitrogen and oxygen atoms in total. The van der Waals surface area contributed by atoms with Gasteiger partial charge in [-0.15, -0.1) is 0 Å². The van der Waals surface area contributed by atoms with Crippen LogP contribution in [0.5, 0.6) is 0 Å². The first-order valence-electron chi connectivity index (χ1n) is 9.40. The van der Waals surface area contributed by atoms with Crippen molar-refractivity contribution in [3.8, 4) is 0 Å². The Morgan fingerprint density at radius 1 is 1.10 bits per heavy atom. The van der Waals surface area contributed by atoms with E-state index in [0.717, 1.165) is 16.9 Å². The summed E-state index contributed by atoms with van der Waals surface area (Å²) in [6.45, 7) is 0.370. The Morgan fingerprint density at radius 2 is 1.86 bits per heavy atom. The van der Waals surface area contributed by atoms with Gasteiger partial charge in [-0.25, -0.2) is 4.98 Å². The number of rotatable bonds is 6. The number of carbonyl (C=O) groups is 1. The molecule has 0 saturated heterocycles. The van der Waals surface area contributed by atoms with Gasteiger partial charge in [-0.2, -0.15) is 5.10 Å². The van der Waals surface area contributed by atoms with Crippen molar-refractivity contribution in [3.63, 3.8) is 0 Å². The van der Waals surface area contributed by atoms with Gasteiger partial charge >= 0.3 is 0 Å². The van der Waals surface area contributed by atoms with Crippen LogP contribution in [0.15, 0.2) is 78.0 Å². The highest BCUT2D eigenvalue weighted by Crippen LogP contribution is 2.20. The summed E-state index contributed by atoms with van der Waals surface area (Å²) in [7, 11) is 1.90. The predicted molar refractivity (Wildman–Crippen MR) is 110 cm³/mol. The average molecular weight is 387 g/mol. The summed E-state index contributed by atoms with van der Waals surface area (Å²) < 4.78 is 3.59. The highest BCUT2D eigenvalue weighted by molar-refractivity contribution is 5.79. The molecular weight excluding hydrogens is 366 g/mol. The van der Waals surface area contributed by atoms with Crippen LogP contribution in [0, 0.1) is 0 Å². The minimum Gasteiger partial charge on any atom is -0.342 e. The van der Waals surface area contributed by atoms with Crippen LogP contribution in [0.1, 0.15) is 23.9 Å². The number of hydrogen-bond acceptors (Lipinski definition) is 4. The van der Waals surface area contributed by atoms with E-state index in [4.69, 9.17) is 0 Å². The Balaban J connectivity index is 1.53. The van der Waals surface area contributed by atoms with E-state index in [1.807, 2.05) is 66.3 Å². The number of nitrogens with one attached hydrogen (secondary N) is 1. The minimum absolute atomic E-state index is 0.119. The standard InChI is InChI=1S/C22H21N5O2/c1-26-14-12-23-22(26)21(16-7-3-2-4-8-16)25-20(29)11-13-27-18-10-6-5-9-17(18)19(28)15-24-27/h2-10,12,14-15,21H,11,13H2,1H3,(H,25,29)/t21-/m1/s1. The van der Waals surface area contributed by atoms with Crippen molar-refractivity contribution in [2.45, 2.75) is 19.0 Å². The fourth-order valence-electron chi connectivity index (χ4n) is 3.38. The second kappa shape index (κ2) is 8.10. The highest BCUT2D eigenvalue weighted by Gasteiger charge is 2.20. The summed E-state index contributed by atoms with van der Waals surface area (Å²) in [5.41, 5.74) is 1.55. The van der Waals surface area contributed by atoms with E-state index in [-0.39, 0.29) is 23.8 Å². The molecular formula is C22H21N5O2. The molecule has 0 aliphatic carbocycles. The van der Waals surface area contributed by atoms with Gasteiger partial charge in [-0.1, -0.05) is 42.5 Å². The molecule has 4 aromatic rings. The largest absolute Gasteiger partial charge is 0.342 e. The molecule has 1 amide bonds. The maximum Gasteiger partial charge on any atom is 0.222 e. The SMILES string of the molecule is Cn1ccnc1[C@H](NC(=O)CCn1ncc(=O)c2ccccc21)c1ccccc1. The lowest BCUT2D eigenvalue weighted by atomic mass is 10.1. The molecule has 4 rings (SSSR count). The number of aryl methyl sites for hydroxylation is 2. The van der Waals surface area contributed by atoms with Crippen molar-refractivity contribution in [3.05, 3.63) is 94.8 Å². The highest BCUT2D eigenvalue weighted by atomic mass is 16.1. The van der Waals surface area contributed by atoms with Crippen LogP contribution in [0.4, 0.5) is 0 Å². The van der Waals surface area contributed by atoms with Crippen molar-refractivity contribution >= 4 is 16.8 Å². The molecule has 2 aromatic carbocycles. The van der Waals surface area contributed by atoms with Crippen LogP contribution in [0.25, 0.3) is 10.9 Å². The van der Waals surface area contributed by atoms with Gasteiger partial charge in [0.2, 0.25) is 11.3 Å². The zero-order valence-electron chi connectivity index (χ0n) is 16.0. The quantitative estimate of drug-likeness (QED) is 0.551. The van der Waals surface area contributed by atoms with Crippen molar-refractivity contribution < 1.29 is 4.79 Å². The third-order valence-electron chi connectivity index (χ3n) is 4.87. The smallest absolute Gasteiger partial charge is 0.222 e. The lowest BCUT2D eigenvalue weighted by Gasteiger charge is -2.19. The maximum atomic E-state index is 12.8. The van der Waals surface area contributed by atoms with Gasteiger partial charge < -0.3 is 9.88 Å². The van der Waals surface area contributed by atoms with Crippen LogP contribution < -0.4 is 10.7 Å². The predicted octanol–water partition coefficient (Wildman–Crippen LogP) is 2.43. The number of fused-ring (bicyclic) bond motifs is 1. The van der Waals surface area contributed by atoms with Gasteiger partial charge in [0, 0.05) is 31.2 Å². The Labute approximate surface area is 167 Å². The van der Waals surface area contributed by atoms with E-state index in [1.165, 1.54) is 6.20 Å². The lowest BCUT2D eigenvalue weighted by Crippen LogP contribution is -2.31. The molecule has 146 valence electrons. The first-order valence-corrected chi connectivity index (χ1v) is 9.40. The van der Waals surface area contributed by atoms with Crippen LogP contribution >= 0.6 is 0 Å². The van der Waals surface area contributed by atoms with E-state index in [2.05, 4.69) is 15.4 Å². The summed E-state index contributed by atoms with van der Waals surface area (Å²) in [6.07, 6.45) is 5.09. The number of aromatic nitrogens is 4. The molecule has 1 atom stereocenters. The summed E-state index contributed by atoms with van der Waals surface area (Å²) in [6, 6.07) is 16.7. The van der Waals surface area contributed by atoms with Gasteiger partial charge in [0.25, 0.3) is 0 Å². The first-order chi connectivity index (χ1) is 14.1. The van der Waals surface area contributed by atoms with E-state index < -0.39 is 0 Å². The van der Waals surface area contributed by atoms with Gasteiger partial charge in [-0.3, -0.25) is 14.3 Å². The molecule has 0 aliphatic rings. The topological polar surface area (TPSA) is 81.8 Å². The molecule has 1 N–H and O–H groups in total. The molecule has 7 heteroatoms. The summed E-state index contributed by atoms with van der Waals surface area (Å²) in [5, 5.41) is 7.86. The number of benzene rings is 2. The zero-order valence-corrected chi connectivity index (χ0v) is 16.0. The second-order valence-corrected chi connectivity index (χ2v) is 6.81. The molecule has 0 saturated carbocycles. The molecule has 0 fully saturated rings. The molecule has 0 radical (unpaired) electrons. The average Bonchev–Trinajstić information content (AvgIpc) is 3.18. The number of hydrogen-bond donors (Lipinski definition) is 1. The van der Waals surface area contributed by atoms with Crippen molar-refractivity contribution in [2.75, 3.05) is 0 Å². The summed E-state index contributed by atoms with van der Waals surface area (Å²) in [4.78, 5) is 29.1. The van der Waals surface area contributed by atoms with Crippen molar-refractivity contribution in [2.24, 2.45) is 7.05 Å². The van der Waals surface area contributed by atoms with Gasteiger partial charge in [0.15, 0.2) is 0 Å². The normalized spacial score (nSPS) is 12.0. The molecule has 0 spiro atoms. The Kier molecular flexibility index (Phi) is 5.20. The first kappa shape index (κ1) is 18.6. The number of nitrogens with zero attached hydrogens (tertiary/aromatic N) is 4. The molecule has 0 bridgehead atoms. The Bertz CT molecular complexity index is 1200. The van der Waals surface area contributed by atoms with Crippen molar-refractivity contribution in [1.82, 2.24) is 24.6 Å². The Morgan fingerprint density at radius 3 is 2.62 bits per heavy atom. The minimum atomic E-state index is -0.345. The van der Waals surface area contributed by atoms with Crippen LogP contribution in [-0.4, -0.2) is 25.2 Å². The molecule has 0 aliphatic heterocycles. The number of amides is 1. The Hall–Kier alpha value is -3.74. The molecule has 29 heavy (non-hydrogen) atoms. The summed E-state index contributed by atoms with van der Waals surface area (Å²) in [5.74, 6) is 0.642. The van der Waals surface area contributed by atoms with Crippen LogP contribution in [0.2, 0.25) is 0 Å². The monoisotopic (exact) mass is 387 g/mol. The van der Waals surface area contributed by atoms with E-state index in [1.54, 1.807) is 16.9 Å². The van der Waals surface area contributed by atoms with Crippen LogP contribution in [0.3, 0.4) is 0 Å². The third kappa shape index (κ3) is 3.94. The van der Waals surface area contributed by atoms with Crippen molar-refractivity contribution in [1.29, 1.82) is 0 Å². The molecule has 0 unspecified atom stereocenters. The van der Waals surface area contributed by atoms with E-state index in [0.29, 0.717) is 11.9 Å². The van der Waals surface area contributed by atoms with Gasteiger partial charge in [0.05, 0.1) is 18.3 Å². The molecule has 2 heterocycles. The summed E-state index contributed by atoms with van der Waals surface area (Å²) >= 11 is 0. The zero-order chi connectivity index (χ0) is 20.2. The number of carbonyl (C=O) groups excluding carboxylic acids is 1. The second-order valence-electron chi connectivity index (χ2n) is 6.81. The third-order valence-corrected chi connectivity index (χ3v) is 4.87. The fraction of sp³-hybridized carbons (Fsp3) is 0.182. The maximum absolute atomic E-state index is 12.8. The van der Waals surface area contributed by atoms with Gasteiger partial charge in [-0.05, 0) is 17.7 Å². The lowest BCUT2D eigenvalue weighted by molar-refractivity contribution is -0.121.